The van der Waals surface area contributed by atoms with E-state index in [4.69, 9.17) is 5.26 Å². The van der Waals surface area contributed by atoms with Gasteiger partial charge in [0.1, 0.15) is 0 Å². The van der Waals surface area contributed by atoms with Crippen LogP contribution in [0.15, 0.2) is 29.3 Å². The quantitative estimate of drug-likeness (QED) is 0.375. The molecule has 0 aliphatic carbocycles. The Hall–Kier alpha value is -1.86. The number of benzene rings is 1. The number of amides is 1. The van der Waals surface area contributed by atoms with Crippen molar-refractivity contribution in [3.8, 4) is 6.07 Å². The lowest BCUT2D eigenvalue weighted by molar-refractivity contribution is -0.123. The van der Waals surface area contributed by atoms with Gasteiger partial charge in [-0.25, -0.2) is 0 Å². The summed E-state index contributed by atoms with van der Waals surface area (Å²) in [5.41, 5.74) is 1.77. The standard InChI is InChI=1S/C19H28N6O.HI/c1-15(2)23-18(26)14-24-8-10-25(11-9-24)19(21-3)22-13-17-6-4-16(12-20)5-7-17;/h4-7,15H,8-11,13-14H2,1-3H3,(H,21,22)(H,23,26);1H. The molecule has 1 aromatic carbocycles. The van der Waals surface area contributed by atoms with Crippen molar-refractivity contribution in [3.05, 3.63) is 35.4 Å². The van der Waals surface area contributed by atoms with Crippen LogP contribution in [0.3, 0.4) is 0 Å². The van der Waals surface area contributed by atoms with Crippen molar-refractivity contribution in [1.82, 2.24) is 20.4 Å². The van der Waals surface area contributed by atoms with Crippen molar-refractivity contribution in [2.24, 2.45) is 4.99 Å². The van der Waals surface area contributed by atoms with E-state index in [0.29, 0.717) is 18.7 Å². The molecule has 1 amide bonds. The Balaban J connectivity index is 0.00000364. The van der Waals surface area contributed by atoms with Crippen LogP contribution in [-0.2, 0) is 11.3 Å². The summed E-state index contributed by atoms with van der Waals surface area (Å²) < 4.78 is 0. The van der Waals surface area contributed by atoms with Crippen LogP contribution in [0.5, 0.6) is 0 Å². The molecule has 8 heteroatoms. The largest absolute Gasteiger partial charge is 0.353 e. The van der Waals surface area contributed by atoms with Gasteiger partial charge in [-0.05, 0) is 31.5 Å². The fraction of sp³-hybridized carbons (Fsp3) is 0.526. The number of nitrogens with one attached hydrogen (secondary N) is 2. The number of aliphatic imine (C=N–C) groups is 1. The number of hydrogen-bond donors (Lipinski definition) is 2. The molecule has 0 spiro atoms. The lowest BCUT2D eigenvalue weighted by Gasteiger charge is -2.36. The van der Waals surface area contributed by atoms with Gasteiger partial charge in [-0.1, -0.05) is 12.1 Å². The maximum absolute atomic E-state index is 11.9. The fourth-order valence-electron chi connectivity index (χ4n) is 2.90. The van der Waals surface area contributed by atoms with Crippen LogP contribution in [0.1, 0.15) is 25.0 Å². The fourth-order valence-corrected chi connectivity index (χ4v) is 2.90. The monoisotopic (exact) mass is 484 g/mol. The lowest BCUT2D eigenvalue weighted by Crippen LogP contribution is -2.54. The second-order valence-corrected chi connectivity index (χ2v) is 6.69. The average molecular weight is 484 g/mol. The Morgan fingerprint density at radius 2 is 1.85 bits per heavy atom. The Labute approximate surface area is 178 Å². The van der Waals surface area contributed by atoms with Crippen LogP contribution in [-0.4, -0.2) is 67.5 Å². The second kappa shape index (κ2) is 11.8. The molecule has 0 unspecified atom stereocenters. The number of nitriles is 1. The molecule has 7 nitrogen and oxygen atoms in total. The first kappa shape index (κ1) is 23.2. The average Bonchev–Trinajstić information content (AvgIpc) is 2.63. The highest BCUT2D eigenvalue weighted by Gasteiger charge is 2.21. The molecule has 0 saturated carbocycles. The van der Waals surface area contributed by atoms with E-state index in [1.165, 1.54) is 0 Å². The highest BCUT2D eigenvalue weighted by molar-refractivity contribution is 14.0. The molecule has 1 aliphatic heterocycles. The highest BCUT2D eigenvalue weighted by Crippen LogP contribution is 2.05. The summed E-state index contributed by atoms with van der Waals surface area (Å²) in [4.78, 5) is 20.6. The molecule has 1 fully saturated rings. The number of guanidine groups is 1. The van der Waals surface area contributed by atoms with Crippen LogP contribution in [0.25, 0.3) is 0 Å². The van der Waals surface area contributed by atoms with Gasteiger partial charge in [0.25, 0.3) is 0 Å². The predicted molar refractivity (Wildman–Crippen MR) is 118 cm³/mol. The van der Waals surface area contributed by atoms with Crippen molar-refractivity contribution >= 4 is 35.8 Å². The van der Waals surface area contributed by atoms with Crippen molar-refractivity contribution in [1.29, 1.82) is 5.26 Å². The van der Waals surface area contributed by atoms with Crippen molar-refractivity contribution in [3.63, 3.8) is 0 Å². The number of carbonyl (C=O) groups is 1. The summed E-state index contributed by atoms with van der Waals surface area (Å²) >= 11 is 0. The van der Waals surface area contributed by atoms with E-state index in [9.17, 15) is 4.79 Å². The number of rotatable bonds is 5. The van der Waals surface area contributed by atoms with Crippen LogP contribution >= 0.6 is 24.0 Å². The SMILES string of the molecule is CN=C(NCc1ccc(C#N)cc1)N1CCN(CC(=O)NC(C)C)CC1.I. The van der Waals surface area contributed by atoms with Gasteiger partial charge in [0.05, 0.1) is 18.2 Å². The zero-order chi connectivity index (χ0) is 18.9. The normalized spacial score (nSPS) is 15.1. The summed E-state index contributed by atoms with van der Waals surface area (Å²) in [6.45, 7) is 8.40. The first-order valence-corrected chi connectivity index (χ1v) is 8.98. The molecular formula is C19H29IN6O. The number of piperazine rings is 1. The molecular weight excluding hydrogens is 455 g/mol. The Bertz CT molecular complexity index is 660. The minimum absolute atomic E-state index is 0. The van der Waals surface area contributed by atoms with Gasteiger partial charge < -0.3 is 15.5 Å². The van der Waals surface area contributed by atoms with Gasteiger partial charge in [-0.15, -0.1) is 24.0 Å². The molecule has 148 valence electrons. The second-order valence-electron chi connectivity index (χ2n) is 6.69. The molecule has 2 N–H and O–H groups in total. The van der Waals surface area contributed by atoms with E-state index >= 15 is 0 Å². The van der Waals surface area contributed by atoms with E-state index in [2.05, 4.69) is 31.5 Å². The van der Waals surface area contributed by atoms with E-state index in [1.54, 1.807) is 7.05 Å². The van der Waals surface area contributed by atoms with Crippen LogP contribution < -0.4 is 10.6 Å². The van der Waals surface area contributed by atoms with Gasteiger partial charge >= 0.3 is 0 Å². The maximum Gasteiger partial charge on any atom is 0.234 e. The summed E-state index contributed by atoms with van der Waals surface area (Å²) in [7, 11) is 1.78. The highest BCUT2D eigenvalue weighted by atomic mass is 127. The summed E-state index contributed by atoms with van der Waals surface area (Å²) in [6, 6.07) is 9.84. The van der Waals surface area contributed by atoms with Crippen LogP contribution in [0.2, 0.25) is 0 Å². The minimum atomic E-state index is 0. The minimum Gasteiger partial charge on any atom is -0.353 e. The summed E-state index contributed by atoms with van der Waals surface area (Å²) in [6.07, 6.45) is 0. The first-order valence-electron chi connectivity index (χ1n) is 8.98. The summed E-state index contributed by atoms with van der Waals surface area (Å²) in [5, 5.41) is 15.2. The topological polar surface area (TPSA) is 83.8 Å². The van der Waals surface area contributed by atoms with Gasteiger partial charge in [-0.2, -0.15) is 5.26 Å². The zero-order valence-electron chi connectivity index (χ0n) is 16.2. The van der Waals surface area contributed by atoms with E-state index in [0.717, 1.165) is 37.7 Å². The molecule has 1 heterocycles. The number of hydrogen-bond acceptors (Lipinski definition) is 4. The van der Waals surface area contributed by atoms with E-state index in [-0.39, 0.29) is 35.9 Å². The third-order valence-electron chi connectivity index (χ3n) is 4.23. The van der Waals surface area contributed by atoms with Gasteiger partial charge in [0.2, 0.25) is 5.91 Å². The Morgan fingerprint density at radius 1 is 1.22 bits per heavy atom. The van der Waals surface area contributed by atoms with E-state index < -0.39 is 0 Å². The molecule has 0 aromatic heterocycles. The maximum atomic E-state index is 11.9. The summed E-state index contributed by atoms with van der Waals surface area (Å²) in [5.74, 6) is 0.942. The molecule has 2 rings (SSSR count). The number of nitrogens with zero attached hydrogens (tertiary/aromatic N) is 4. The number of carbonyl (C=O) groups excluding carboxylic acids is 1. The molecule has 1 aromatic rings. The Kier molecular flexibility index (Phi) is 10.1. The molecule has 1 saturated heterocycles. The number of halogens is 1. The van der Waals surface area contributed by atoms with Gasteiger partial charge in [0, 0.05) is 45.8 Å². The van der Waals surface area contributed by atoms with Crippen molar-refractivity contribution in [2.75, 3.05) is 39.8 Å². The van der Waals surface area contributed by atoms with Gasteiger partial charge in [-0.3, -0.25) is 14.7 Å². The Morgan fingerprint density at radius 3 is 2.37 bits per heavy atom. The molecule has 1 aliphatic rings. The van der Waals surface area contributed by atoms with Crippen LogP contribution in [0.4, 0.5) is 0 Å². The third kappa shape index (κ3) is 7.72. The van der Waals surface area contributed by atoms with Crippen LogP contribution in [0, 0.1) is 11.3 Å². The molecule has 0 bridgehead atoms. The van der Waals surface area contributed by atoms with Crippen molar-refractivity contribution < 1.29 is 4.79 Å². The van der Waals surface area contributed by atoms with E-state index in [1.807, 2.05) is 38.1 Å². The zero-order valence-corrected chi connectivity index (χ0v) is 18.6. The molecule has 27 heavy (non-hydrogen) atoms. The molecule has 0 radical (unpaired) electrons. The first-order chi connectivity index (χ1) is 12.5. The van der Waals surface area contributed by atoms with Crippen molar-refractivity contribution in [2.45, 2.75) is 26.4 Å². The predicted octanol–water partition coefficient (Wildman–Crippen LogP) is 1.39. The lowest BCUT2D eigenvalue weighted by atomic mass is 10.1. The molecule has 0 atom stereocenters. The van der Waals surface area contributed by atoms with Gasteiger partial charge in [0.15, 0.2) is 5.96 Å². The third-order valence-corrected chi connectivity index (χ3v) is 4.23. The smallest absolute Gasteiger partial charge is 0.234 e.